The normalized spacial score (nSPS) is 11.8. The fraction of sp³-hybridized carbons (Fsp3) is 0.912. The number of rotatable bonds is 31. The van der Waals surface area contributed by atoms with E-state index in [0.717, 1.165) is 38.5 Å². The van der Waals surface area contributed by atoms with Crippen LogP contribution >= 0.6 is 0 Å². The van der Waals surface area contributed by atoms with Gasteiger partial charge in [0.1, 0.15) is 13.2 Å². The Morgan fingerprint density at radius 2 is 0.780 bits per heavy atom. The number of esters is 3. The number of carbonyl (C=O) groups is 3. The van der Waals surface area contributed by atoms with Crippen LogP contribution in [0.2, 0.25) is 0 Å². The smallest absolute Gasteiger partial charge is 0.307 e. The molecule has 0 aromatic rings. The summed E-state index contributed by atoms with van der Waals surface area (Å²) in [5.74, 6) is -1.10. The molecule has 7 nitrogen and oxygen atoms in total. The average Bonchev–Trinajstić information content (AvgIpc) is 2.96. The molecule has 0 spiro atoms. The lowest BCUT2D eigenvalue weighted by molar-refractivity contribution is -0.166. The van der Waals surface area contributed by atoms with Crippen molar-refractivity contribution in [3.8, 4) is 0 Å². The summed E-state index contributed by atoms with van der Waals surface area (Å²) in [5, 5.41) is 0. The van der Waals surface area contributed by atoms with E-state index < -0.39 is 12.1 Å². The van der Waals surface area contributed by atoms with Gasteiger partial charge in [0.05, 0.1) is 6.42 Å². The molecular formula is C34H65NO6. The first-order valence-corrected chi connectivity index (χ1v) is 17.2. The van der Waals surface area contributed by atoms with Crippen LogP contribution in [0.15, 0.2) is 0 Å². The van der Waals surface area contributed by atoms with Crippen molar-refractivity contribution in [2.24, 2.45) is 5.73 Å². The van der Waals surface area contributed by atoms with Crippen molar-refractivity contribution >= 4 is 17.9 Å². The maximum Gasteiger partial charge on any atom is 0.307 e. The number of unbranched alkanes of at least 4 members (excludes halogenated alkanes) is 20. The molecule has 0 fully saturated rings. The van der Waals surface area contributed by atoms with E-state index >= 15 is 0 Å². The Balaban J connectivity index is 4.07. The van der Waals surface area contributed by atoms with Gasteiger partial charge in [-0.3, -0.25) is 14.4 Å². The maximum atomic E-state index is 12.4. The minimum absolute atomic E-state index is 0.0953. The summed E-state index contributed by atoms with van der Waals surface area (Å²) in [6.07, 6.45) is 26.7. The fourth-order valence-corrected chi connectivity index (χ4v) is 4.86. The van der Waals surface area contributed by atoms with Crippen LogP contribution in [0.5, 0.6) is 0 Å². The Labute approximate surface area is 252 Å². The number of nitrogens with two attached hydrogens (primary N) is 1. The first-order chi connectivity index (χ1) is 20.0. The summed E-state index contributed by atoms with van der Waals surface area (Å²) in [5.41, 5.74) is 5.40. The van der Waals surface area contributed by atoms with Crippen molar-refractivity contribution in [3.63, 3.8) is 0 Å². The highest BCUT2D eigenvalue weighted by Gasteiger charge is 2.19. The van der Waals surface area contributed by atoms with E-state index in [4.69, 9.17) is 19.9 Å². The standard InChI is InChI=1S/C34H65NO6/c1-3-5-7-9-11-13-15-17-19-21-23-25-32(36)39-29-31(30-40-33(37)27-28-35)41-34(38)26-24-22-20-18-16-14-12-10-8-6-4-2/h31H,3-30,35H2,1-2H3. The molecule has 0 bridgehead atoms. The molecule has 0 saturated carbocycles. The summed E-state index contributed by atoms with van der Waals surface area (Å²) >= 11 is 0. The van der Waals surface area contributed by atoms with E-state index in [2.05, 4.69) is 13.8 Å². The zero-order chi connectivity index (χ0) is 30.2. The van der Waals surface area contributed by atoms with E-state index in [0.29, 0.717) is 12.8 Å². The maximum absolute atomic E-state index is 12.4. The van der Waals surface area contributed by atoms with Crippen LogP contribution < -0.4 is 5.73 Å². The Bertz CT molecular complexity index is 612. The predicted octanol–water partition coefficient (Wildman–Crippen LogP) is 8.74. The SMILES string of the molecule is CCCCCCCCCCCCCC(=O)OCC(COC(=O)CCN)OC(=O)CCCCCCCCCCCCC. The highest BCUT2D eigenvalue weighted by molar-refractivity contribution is 5.71. The summed E-state index contributed by atoms with van der Waals surface area (Å²) in [7, 11) is 0. The van der Waals surface area contributed by atoms with Gasteiger partial charge in [-0.1, -0.05) is 142 Å². The van der Waals surface area contributed by atoms with E-state index in [1.54, 1.807) is 0 Å². The first-order valence-electron chi connectivity index (χ1n) is 17.2. The van der Waals surface area contributed by atoms with Gasteiger partial charge in [-0.25, -0.2) is 0 Å². The van der Waals surface area contributed by atoms with Gasteiger partial charge in [-0.05, 0) is 12.8 Å². The molecule has 1 unspecified atom stereocenters. The van der Waals surface area contributed by atoms with Gasteiger partial charge in [0, 0.05) is 19.4 Å². The molecular weight excluding hydrogens is 518 g/mol. The summed E-state index contributed by atoms with van der Waals surface area (Å²) in [6, 6.07) is 0. The van der Waals surface area contributed by atoms with Gasteiger partial charge in [0.2, 0.25) is 0 Å². The van der Waals surface area contributed by atoms with Crippen molar-refractivity contribution in [3.05, 3.63) is 0 Å². The van der Waals surface area contributed by atoms with Gasteiger partial charge >= 0.3 is 17.9 Å². The molecule has 0 heterocycles. The third-order valence-electron chi connectivity index (χ3n) is 7.48. The summed E-state index contributed by atoms with van der Waals surface area (Å²) in [6.45, 7) is 4.44. The monoisotopic (exact) mass is 583 g/mol. The number of hydrogen-bond acceptors (Lipinski definition) is 7. The van der Waals surface area contributed by atoms with Crippen LogP contribution in [0.25, 0.3) is 0 Å². The minimum atomic E-state index is -0.793. The molecule has 0 rings (SSSR count). The molecule has 0 amide bonds. The Kier molecular flexibility index (Phi) is 30.1. The van der Waals surface area contributed by atoms with Crippen molar-refractivity contribution in [1.29, 1.82) is 0 Å². The highest BCUT2D eigenvalue weighted by Crippen LogP contribution is 2.14. The molecule has 242 valence electrons. The molecule has 0 aromatic heterocycles. The molecule has 1 atom stereocenters. The van der Waals surface area contributed by atoms with Crippen LogP contribution in [-0.2, 0) is 28.6 Å². The highest BCUT2D eigenvalue weighted by atomic mass is 16.6. The fourth-order valence-electron chi connectivity index (χ4n) is 4.86. The molecule has 0 aliphatic rings. The predicted molar refractivity (Wildman–Crippen MR) is 168 cm³/mol. The second-order valence-corrected chi connectivity index (χ2v) is 11.6. The number of ether oxygens (including phenoxy) is 3. The van der Waals surface area contributed by atoms with Gasteiger partial charge in [-0.2, -0.15) is 0 Å². The second-order valence-electron chi connectivity index (χ2n) is 11.6. The second kappa shape index (κ2) is 31.3. The van der Waals surface area contributed by atoms with Gasteiger partial charge in [0.15, 0.2) is 6.10 Å². The molecule has 0 radical (unpaired) electrons. The van der Waals surface area contributed by atoms with E-state index in [1.807, 2.05) is 0 Å². The molecule has 2 N–H and O–H groups in total. The Morgan fingerprint density at radius 3 is 1.15 bits per heavy atom. The molecule has 0 aliphatic heterocycles. The van der Waals surface area contributed by atoms with Crippen molar-refractivity contribution in [2.45, 2.75) is 180 Å². The minimum Gasteiger partial charge on any atom is -0.462 e. The van der Waals surface area contributed by atoms with Crippen molar-refractivity contribution in [1.82, 2.24) is 0 Å². The number of hydrogen-bond donors (Lipinski definition) is 1. The number of carbonyl (C=O) groups excluding carboxylic acids is 3. The van der Waals surface area contributed by atoms with Gasteiger partial charge < -0.3 is 19.9 Å². The van der Waals surface area contributed by atoms with Crippen LogP contribution in [-0.4, -0.2) is 43.8 Å². The van der Waals surface area contributed by atoms with Crippen LogP contribution in [0.1, 0.15) is 174 Å². The lowest BCUT2D eigenvalue weighted by atomic mass is 10.1. The van der Waals surface area contributed by atoms with Crippen LogP contribution in [0, 0.1) is 0 Å². The third-order valence-corrected chi connectivity index (χ3v) is 7.48. The molecule has 7 heteroatoms. The average molecular weight is 584 g/mol. The molecule has 0 saturated heterocycles. The summed E-state index contributed by atoms with van der Waals surface area (Å²) in [4.78, 5) is 36.4. The van der Waals surface area contributed by atoms with Gasteiger partial charge in [0.25, 0.3) is 0 Å². The van der Waals surface area contributed by atoms with Crippen LogP contribution in [0.4, 0.5) is 0 Å². The lowest BCUT2D eigenvalue weighted by Gasteiger charge is -2.18. The third kappa shape index (κ3) is 29.7. The first kappa shape index (κ1) is 39.4. The molecule has 0 aliphatic carbocycles. The van der Waals surface area contributed by atoms with E-state index in [9.17, 15) is 14.4 Å². The summed E-state index contributed by atoms with van der Waals surface area (Å²) < 4.78 is 16.1. The Hall–Kier alpha value is -1.63. The molecule has 41 heavy (non-hydrogen) atoms. The van der Waals surface area contributed by atoms with Crippen molar-refractivity contribution < 1.29 is 28.6 Å². The zero-order valence-corrected chi connectivity index (χ0v) is 26.9. The van der Waals surface area contributed by atoms with Crippen LogP contribution in [0.3, 0.4) is 0 Å². The quantitative estimate of drug-likeness (QED) is 0.0494. The Morgan fingerprint density at radius 1 is 0.463 bits per heavy atom. The van der Waals surface area contributed by atoms with E-state index in [1.165, 1.54) is 103 Å². The zero-order valence-electron chi connectivity index (χ0n) is 26.9. The van der Waals surface area contributed by atoms with Crippen molar-refractivity contribution in [2.75, 3.05) is 19.8 Å². The van der Waals surface area contributed by atoms with E-state index in [-0.39, 0.29) is 38.1 Å². The topological polar surface area (TPSA) is 105 Å². The molecule has 0 aromatic carbocycles. The lowest BCUT2D eigenvalue weighted by Crippen LogP contribution is -2.31. The van der Waals surface area contributed by atoms with Gasteiger partial charge in [-0.15, -0.1) is 0 Å². The largest absolute Gasteiger partial charge is 0.462 e.